The van der Waals surface area contributed by atoms with E-state index in [0.717, 1.165) is 0 Å². The van der Waals surface area contributed by atoms with E-state index in [1.54, 1.807) is 6.07 Å². The number of ether oxygens (including phenoxy) is 1. The molecule has 1 aromatic rings. The van der Waals surface area contributed by atoms with Gasteiger partial charge >= 0.3 is 6.36 Å². The zero-order valence-corrected chi connectivity index (χ0v) is 9.96. The summed E-state index contributed by atoms with van der Waals surface area (Å²) in [5.74, 6) is -0.483. The Labute approximate surface area is 107 Å². The van der Waals surface area contributed by atoms with Crippen molar-refractivity contribution in [1.82, 2.24) is 10.6 Å². The first kappa shape index (κ1) is 13.7. The second kappa shape index (κ2) is 5.48. The minimum Gasteiger partial charge on any atom is -0.406 e. The molecule has 4 nitrogen and oxygen atoms in total. The molecule has 0 bridgehead atoms. The topological polar surface area (TPSA) is 50.4 Å². The van der Waals surface area contributed by atoms with Crippen LogP contribution in [0, 0.1) is 0 Å². The number of piperazine rings is 1. The van der Waals surface area contributed by atoms with Crippen molar-refractivity contribution in [1.29, 1.82) is 0 Å². The highest BCUT2D eigenvalue weighted by atomic mass is 19.4. The van der Waals surface area contributed by atoms with Crippen molar-refractivity contribution in [3.8, 4) is 5.75 Å². The summed E-state index contributed by atoms with van der Waals surface area (Å²) in [5.41, 5.74) is 0.342. The van der Waals surface area contributed by atoms with Crippen molar-refractivity contribution in [3.05, 3.63) is 29.8 Å². The van der Waals surface area contributed by atoms with Crippen LogP contribution in [0.15, 0.2) is 24.3 Å². The molecule has 104 valence electrons. The molecule has 1 atom stereocenters. The van der Waals surface area contributed by atoms with Gasteiger partial charge in [0.15, 0.2) is 0 Å². The maximum absolute atomic E-state index is 12.3. The van der Waals surface area contributed by atoms with Crippen molar-refractivity contribution < 1.29 is 22.7 Å². The van der Waals surface area contributed by atoms with Gasteiger partial charge in [0.2, 0.25) is 5.91 Å². The van der Waals surface area contributed by atoms with E-state index in [-0.39, 0.29) is 18.1 Å². The lowest BCUT2D eigenvalue weighted by Crippen LogP contribution is -2.53. The Kier molecular flexibility index (Phi) is 3.94. The third kappa shape index (κ3) is 3.85. The Hall–Kier alpha value is -1.76. The zero-order valence-electron chi connectivity index (χ0n) is 9.96. The van der Waals surface area contributed by atoms with Crippen LogP contribution in [-0.4, -0.2) is 31.4 Å². The summed E-state index contributed by atoms with van der Waals surface area (Å²) in [7, 11) is 0. The minimum absolute atomic E-state index is 0.151. The lowest BCUT2D eigenvalue weighted by Gasteiger charge is -2.24. The second-order valence-corrected chi connectivity index (χ2v) is 4.16. The predicted octanol–water partition coefficient (Wildman–Crippen LogP) is 1.22. The number of carbonyl (C=O) groups is 1. The number of para-hydroxylation sites is 1. The maximum atomic E-state index is 12.3. The first-order valence-corrected chi connectivity index (χ1v) is 5.80. The van der Waals surface area contributed by atoms with Crippen molar-refractivity contribution in [3.63, 3.8) is 0 Å². The number of hydrogen-bond acceptors (Lipinski definition) is 3. The van der Waals surface area contributed by atoms with E-state index in [2.05, 4.69) is 15.4 Å². The molecule has 1 saturated heterocycles. The van der Waals surface area contributed by atoms with Gasteiger partial charge in [-0.2, -0.15) is 0 Å². The van der Waals surface area contributed by atoms with Gasteiger partial charge in [-0.1, -0.05) is 18.2 Å². The molecule has 0 unspecified atom stereocenters. The summed E-state index contributed by atoms with van der Waals surface area (Å²) in [6, 6.07) is 5.29. The average molecular weight is 274 g/mol. The highest BCUT2D eigenvalue weighted by molar-refractivity contribution is 5.82. The Balaban J connectivity index is 2.13. The van der Waals surface area contributed by atoms with Gasteiger partial charge in [-0.05, 0) is 11.6 Å². The molecule has 0 saturated carbocycles. The highest BCUT2D eigenvalue weighted by Gasteiger charge is 2.32. The van der Waals surface area contributed by atoms with Crippen LogP contribution in [0.5, 0.6) is 5.75 Å². The van der Waals surface area contributed by atoms with Gasteiger partial charge < -0.3 is 15.4 Å². The Morgan fingerprint density at radius 2 is 2.00 bits per heavy atom. The van der Waals surface area contributed by atoms with Gasteiger partial charge in [0, 0.05) is 19.5 Å². The molecule has 2 rings (SSSR count). The number of benzene rings is 1. The molecule has 1 aliphatic heterocycles. The lowest BCUT2D eigenvalue weighted by atomic mass is 10.0. The van der Waals surface area contributed by atoms with Crippen LogP contribution in [0.25, 0.3) is 0 Å². The molecule has 1 fully saturated rings. The fourth-order valence-electron chi connectivity index (χ4n) is 1.93. The van der Waals surface area contributed by atoms with E-state index in [1.807, 2.05) is 0 Å². The summed E-state index contributed by atoms with van der Waals surface area (Å²) in [4.78, 5) is 11.6. The average Bonchev–Trinajstić information content (AvgIpc) is 2.33. The van der Waals surface area contributed by atoms with Gasteiger partial charge in [-0.15, -0.1) is 13.2 Å². The molecule has 19 heavy (non-hydrogen) atoms. The molecule has 7 heteroatoms. The monoisotopic (exact) mass is 274 g/mol. The second-order valence-electron chi connectivity index (χ2n) is 4.16. The molecule has 1 aromatic carbocycles. The zero-order chi connectivity index (χ0) is 13.9. The first-order valence-electron chi connectivity index (χ1n) is 5.80. The van der Waals surface area contributed by atoms with Gasteiger partial charge in [0.1, 0.15) is 5.75 Å². The third-order valence-electron chi connectivity index (χ3n) is 2.75. The van der Waals surface area contributed by atoms with E-state index >= 15 is 0 Å². The number of rotatable bonds is 3. The summed E-state index contributed by atoms with van der Waals surface area (Å²) >= 11 is 0. The van der Waals surface area contributed by atoms with Crippen LogP contribution in [0.1, 0.15) is 5.56 Å². The van der Waals surface area contributed by atoms with E-state index in [0.29, 0.717) is 18.7 Å². The van der Waals surface area contributed by atoms with Crippen LogP contribution in [0.4, 0.5) is 13.2 Å². The van der Waals surface area contributed by atoms with Crippen molar-refractivity contribution in [2.75, 3.05) is 13.1 Å². The van der Waals surface area contributed by atoms with Gasteiger partial charge in [-0.3, -0.25) is 4.79 Å². The highest BCUT2D eigenvalue weighted by Crippen LogP contribution is 2.27. The molecule has 1 amide bonds. The molecular formula is C12H13F3N2O2. The summed E-state index contributed by atoms with van der Waals surface area (Å²) in [5, 5.41) is 5.61. The number of nitrogens with one attached hydrogen (secondary N) is 2. The summed E-state index contributed by atoms with van der Waals surface area (Å²) in [6.07, 6.45) is -4.59. The normalized spacial score (nSPS) is 19.9. The van der Waals surface area contributed by atoms with Crippen LogP contribution in [-0.2, 0) is 11.2 Å². The number of halogens is 3. The lowest BCUT2D eigenvalue weighted by molar-refractivity contribution is -0.274. The number of carbonyl (C=O) groups excluding carboxylic acids is 1. The first-order chi connectivity index (χ1) is 8.96. The molecule has 0 spiro atoms. The van der Waals surface area contributed by atoms with Crippen LogP contribution >= 0.6 is 0 Å². The fraction of sp³-hybridized carbons (Fsp3) is 0.417. The van der Waals surface area contributed by atoms with Crippen molar-refractivity contribution in [2.24, 2.45) is 0 Å². The smallest absolute Gasteiger partial charge is 0.406 e. The Morgan fingerprint density at radius 1 is 1.26 bits per heavy atom. The maximum Gasteiger partial charge on any atom is 0.573 e. The Bertz CT molecular complexity index is 463. The predicted molar refractivity (Wildman–Crippen MR) is 61.6 cm³/mol. The molecule has 1 aliphatic rings. The van der Waals surface area contributed by atoms with E-state index in [9.17, 15) is 18.0 Å². The van der Waals surface area contributed by atoms with E-state index in [4.69, 9.17) is 0 Å². The minimum atomic E-state index is -4.74. The molecule has 0 radical (unpaired) electrons. The molecule has 0 aliphatic carbocycles. The number of amides is 1. The summed E-state index contributed by atoms with van der Waals surface area (Å²) < 4.78 is 40.7. The third-order valence-corrected chi connectivity index (χ3v) is 2.75. The quantitative estimate of drug-likeness (QED) is 0.871. The molecular weight excluding hydrogens is 261 g/mol. The largest absolute Gasteiger partial charge is 0.573 e. The van der Waals surface area contributed by atoms with E-state index < -0.39 is 12.4 Å². The van der Waals surface area contributed by atoms with Gasteiger partial charge in [0.05, 0.1) is 6.04 Å². The molecule has 1 heterocycles. The van der Waals surface area contributed by atoms with Gasteiger partial charge in [0.25, 0.3) is 0 Å². The standard InChI is InChI=1S/C12H13F3N2O2/c13-12(14,15)19-10-4-2-1-3-8(10)7-9-11(18)17-6-5-16-9/h1-4,9,16H,5-7H2,(H,17,18)/t9-/m1/s1. The molecule has 2 N–H and O–H groups in total. The molecule has 0 aromatic heterocycles. The van der Waals surface area contributed by atoms with Crippen LogP contribution in [0.3, 0.4) is 0 Å². The van der Waals surface area contributed by atoms with Crippen molar-refractivity contribution >= 4 is 5.91 Å². The SMILES string of the molecule is O=C1NCCN[C@@H]1Cc1ccccc1OC(F)(F)F. The van der Waals surface area contributed by atoms with Gasteiger partial charge in [-0.25, -0.2) is 0 Å². The number of alkyl halides is 3. The van der Waals surface area contributed by atoms with Crippen LogP contribution < -0.4 is 15.4 Å². The van der Waals surface area contributed by atoms with E-state index in [1.165, 1.54) is 18.2 Å². The Morgan fingerprint density at radius 3 is 2.68 bits per heavy atom. The van der Waals surface area contributed by atoms with Crippen molar-refractivity contribution in [2.45, 2.75) is 18.8 Å². The van der Waals surface area contributed by atoms with Crippen LogP contribution in [0.2, 0.25) is 0 Å². The summed E-state index contributed by atoms with van der Waals surface area (Å²) in [6.45, 7) is 1.12. The number of hydrogen-bond donors (Lipinski definition) is 2. The fourth-order valence-corrected chi connectivity index (χ4v) is 1.93.